The fraction of sp³-hybridized carbons (Fsp3) is 0.294. The molecule has 1 unspecified atom stereocenters. The highest BCUT2D eigenvalue weighted by atomic mass is 15.1. The van der Waals surface area contributed by atoms with Gasteiger partial charge in [0.05, 0.1) is 0 Å². The van der Waals surface area contributed by atoms with Gasteiger partial charge in [0.2, 0.25) is 0 Å². The number of rotatable bonds is 5. The number of hydrogen-bond acceptors (Lipinski definition) is 4. The SMILES string of the molecule is CC(NCc1ccc(N(C)C)cc1)c1cc(N)ccc1N. The van der Waals surface area contributed by atoms with Gasteiger partial charge in [0, 0.05) is 43.7 Å². The van der Waals surface area contributed by atoms with E-state index in [1.807, 2.05) is 32.3 Å². The highest BCUT2D eigenvalue weighted by molar-refractivity contribution is 5.56. The summed E-state index contributed by atoms with van der Waals surface area (Å²) in [7, 11) is 4.08. The first-order chi connectivity index (χ1) is 9.97. The Morgan fingerprint density at radius 2 is 1.71 bits per heavy atom. The van der Waals surface area contributed by atoms with E-state index in [9.17, 15) is 0 Å². The maximum absolute atomic E-state index is 6.01. The Hall–Kier alpha value is -2.20. The fourth-order valence-electron chi connectivity index (χ4n) is 2.26. The van der Waals surface area contributed by atoms with Crippen LogP contribution in [0, 0.1) is 0 Å². The minimum atomic E-state index is 0.155. The van der Waals surface area contributed by atoms with Crippen molar-refractivity contribution in [1.29, 1.82) is 0 Å². The predicted molar refractivity (Wildman–Crippen MR) is 91.3 cm³/mol. The molecule has 0 spiro atoms. The second kappa shape index (κ2) is 6.50. The molecule has 0 bridgehead atoms. The topological polar surface area (TPSA) is 67.3 Å². The zero-order valence-corrected chi connectivity index (χ0v) is 12.9. The molecule has 1 atom stereocenters. The Bertz CT molecular complexity index is 590. The van der Waals surface area contributed by atoms with Crippen LogP contribution in [0.1, 0.15) is 24.1 Å². The highest BCUT2D eigenvalue weighted by Gasteiger charge is 2.09. The van der Waals surface area contributed by atoms with Crippen LogP contribution in [0.15, 0.2) is 42.5 Å². The molecule has 2 aromatic rings. The van der Waals surface area contributed by atoms with E-state index in [0.29, 0.717) is 0 Å². The number of nitrogens with one attached hydrogen (secondary N) is 1. The molecule has 4 nitrogen and oxygen atoms in total. The van der Waals surface area contributed by atoms with E-state index in [-0.39, 0.29) is 6.04 Å². The summed E-state index contributed by atoms with van der Waals surface area (Å²) in [6.45, 7) is 2.89. The normalized spacial score (nSPS) is 12.1. The van der Waals surface area contributed by atoms with Gasteiger partial charge >= 0.3 is 0 Å². The highest BCUT2D eigenvalue weighted by Crippen LogP contribution is 2.23. The number of benzene rings is 2. The van der Waals surface area contributed by atoms with Crippen molar-refractivity contribution in [3.8, 4) is 0 Å². The van der Waals surface area contributed by atoms with Gasteiger partial charge in [0.15, 0.2) is 0 Å². The summed E-state index contributed by atoms with van der Waals surface area (Å²) in [6, 6.07) is 14.3. The van der Waals surface area contributed by atoms with Crippen molar-refractivity contribution >= 4 is 17.1 Å². The van der Waals surface area contributed by atoms with Gasteiger partial charge in [-0.3, -0.25) is 0 Å². The summed E-state index contributed by atoms with van der Waals surface area (Å²) < 4.78 is 0. The summed E-state index contributed by atoms with van der Waals surface area (Å²) in [5, 5.41) is 3.48. The Kier molecular flexibility index (Phi) is 4.70. The number of nitrogen functional groups attached to an aromatic ring is 2. The van der Waals surface area contributed by atoms with E-state index in [2.05, 4.69) is 41.4 Å². The summed E-state index contributed by atoms with van der Waals surface area (Å²) in [4.78, 5) is 2.09. The minimum absolute atomic E-state index is 0.155. The largest absolute Gasteiger partial charge is 0.399 e. The first-order valence-electron chi connectivity index (χ1n) is 7.12. The van der Waals surface area contributed by atoms with E-state index in [1.54, 1.807) is 0 Å². The van der Waals surface area contributed by atoms with E-state index < -0.39 is 0 Å². The van der Waals surface area contributed by atoms with Gasteiger partial charge in [-0.05, 0) is 48.4 Å². The lowest BCUT2D eigenvalue weighted by atomic mass is 10.0. The van der Waals surface area contributed by atoms with E-state index in [1.165, 1.54) is 11.3 Å². The zero-order valence-electron chi connectivity index (χ0n) is 12.9. The maximum atomic E-state index is 6.01. The van der Waals surface area contributed by atoms with Crippen molar-refractivity contribution < 1.29 is 0 Å². The lowest BCUT2D eigenvalue weighted by molar-refractivity contribution is 0.576. The fourth-order valence-corrected chi connectivity index (χ4v) is 2.26. The number of nitrogens with two attached hydrogens (primary N) is 2. The van der Waals surface area contributed by atoms with Gasteiger partial charge in [0.25, 0.3) is 0 Å². The van der Waals surface area contributed by atoms with Crippen LogP contribution < -0.4 is 21.7 Å². The molecule has 2 rings (SSSR count). The first-order valence-corrected chi connectivity index (χ1v) is 7.12. The molecule has 0 aliphatic heterocycles. The molecule has 0 heterocycles. The van der Waals surface area contributed by atoms with Crippen molar-refractivity contribution in [2.75, 3.05) is 30.5 Å². The molecule has 0 amide bonds. The van der Waals surface area contributed by atoms with Gasteiger partial charge in [-0.25, -0.2) is 0 Å². The molecule has 112 valence electrons. The zero-order chi connectivity index (χ0) is 15.4. The van der Waals surface area contributed by atoms with Gasteiger partial charge in [-0.2, -0.15) is 0 Å². The first kappa shape index (κ1) is 15.2. The lowest BCUT2D eigenvalue weighted by Gasteiger charge is -2.18. The van der Waals surface area contributed by atoms with Gasteiger partial charge < -0.3 is 21.7 Å². The Labute approximate surface area is 126 Å². The third-order valence-electron chi connectivity index (χ3n) is 3.64. The minimum Gasteiger partial charge on any atom is -0.399 e. The third-order valence-corrected chi connectivity index (χ3v) is 3.64. The van der Waals surface area contributed by atoms with Crippen LogP contribution in [0.5, 0.6) is 0 Å². The maximum Gasteiger partial charge on any atom is 0.0363 e. The molecule has 0 aliphatic carbocycles. The van der Waals surface area contributed by atoms with E-state index in [0.717, 1.165) is 23.5 Å². The summed E-state index contributed by atoms with van der Waals surface area (Å²) in [5.41, 5.74) is 16.8. The summed E-state index contributed by atoms with van der Waals surface area (Å²) in [5.74, 6) is 0. The molecule has 0 aliphatic rings. The van der Waals surface area contributed by atoms with Crippen LogP contribution in [0.4, 0.5) is 17.1 Å². The average molecular weight is 284 g/mol. The molecule has 0 saturated heterocycles. The Morgan fingerprint density at radius 1 is 1.05 bits per heavy atom. The Morgan fingerprint density at radius 3 is 2.33 bits per heavy atom. The van der Waals surface area contributed by atoms with Gasteiger partial charge in [-0.15, -0.1) is 0 Å². The Balaban J connectivity index is 2.00. The molecule has 0 aromatic heterocycles. The molecule has 2 aromatic carbocycles. The molecular weight excluding hydrogens is 260 g/mol. The number of nitrogens with zero attached hydrogens (tertiary/aromatic N) is 1. The van der Waals surface area contributed by atoms with Crippen LogP contribution in [0.2, 0.25) is 0 Å². The predicted octanol–water partition coefficient (Wildman–Crippen LogP) is 2.77. The molecular formula is C17H24N4. The molecule has 5 N–H and O–H groups in total. The van der Waals surface area contributed by atoms with Crippen molar-refractivity contribution in [2.24, 2.45) is 0 Å². The second-order valence-electron chi connectivity index (χ2n) is 5.55. The van der Waals surface area contributed by atoms with E-state index in [4.69, 9.17) is 11.5 Å². The lowest BCUT2D eigenvalue weighted by Crippen LogP contribution is -2.19. The van der Waals surface area contributed by atoms with Crippen LogP contribution in [-0.2, 0) is 6.54 Å². The van der Waals surface area contributed by atoms with Crippen molar-refractivity contribution in [1.82, 2.24) is 5.32 Å². The van der Waals surface area contributed by atoms with Crippen molar-refractivity contribution in [3.05, 3.63) is 53.6 Å². The number of anilines is 3. The van der Waals surface area contributed by atoms with Crippen molar-refractivity contribution in [3.63, 3.8) is 0 Å². The molecule has 0 radical (unpaired) electrons. The second-order valence-corrected chi connectivity index (χ2v) is 5.55. The van der Waals surface area contributed by atoms with Gasteiger partial charge in [0.1, 0.15) is 0 Å². The van der Waals surface area contributed by atoms with Crippen LogP contribution in [-0.4, -0.2) is 14.1 Å². The number of hydrogen-bond donors (Lipinski definition) is 3. The van der Waals surface area contributed by atoms with Crippen molar-refractivity contribution in [2.45, 2.75) is 19.5 Å². The molecule has 4 heteroatoms. The molecule has 21 heavy (non-hydrogen) atoms. The van der Waals surface area contributed by atoms with Gasteiger partial charge in [-0.1, -0.05) is 12.1 Å². The quantitative estimate of drug-likeness (QED) is 0.739. The third kappa shape index (κ3) is 3.89. The van der Waals surface area contributed by atoms with Crippen LogP contribution >= 0.6 is 0 Å². The smallest absolute Gasteiger partial charge is 0.0363 e. The molecule has 0 fully saturated rings. The standard InChI is InChI=1S/C17H24N4/c1-12(16-10-14(18)6-9-17(16)19)20-11-13-4-7-15(8-5-13)21(2)3/h4-10,12,20H,11,18-19H2,1-3H3. The molecule has 0 saturated carbocycles. The van der Waals surface area contributed by atoms with Crippen LogP contribution in [0.3, 0.4) is 0 Å². The monoisotopic (exact) mass is 284 g/mol. The van der Waals surface area contributed by atoms with Crippen LogP contribution in [0.25, 0.3) is 0 Å². The summed E-state index contributed by atoms with van der Waals surface area (Å²) >= 11 is 0. The van der Waals surface area contributed by atoms with E-state index >= 15 is 0 Å². The average Bonchev–Trinajstić information content (AvgIpc) is 2.47. The summed E-state index contributed by atoms with van der Waals surface area (Å²) in [6.07, 6.45) is 0.